The summed E-state index contributed by atoms with van der Waals surface area (Å²) in [6.07, 6.45) is 0.866. The number of nitro benzene ring substituents is 1. The van der Waals surface area contributed by atoms with Gasteiger partial charge in [-0.05, 0) is 43.2 Å². The fraction of sp³-hybridized carbons (Fsp3) is 0.211. The van der Waals surface area contributed by atoms with Gasteiger partial charge in [0.05, 0.1) is 23.4 Å². The zero-order valence-corrected chi connectivity index (χ0v) is 14.5. The number of methoxy groups -OCH3 is 1. The first-order valence-corrected chi connectivity index (χ1v) is 8.34. The molecule has 4 rings (SSSR count). The van der Waals surface area contributed by atoms with E-state index in [2.05, 4.69) is 5.32 Å². The van der Waals surface area contributed by atoms with Gasteiger partial charge in [-0.1, -0.05) is 6.07 Å². The minimum absolute atomic E-state index is 0.0545. The van der Waals surface area contributed by atoms with Crippen LogP contribution in [0.2, 0.25) is 0 Å². The van der Waals surface area contributed by atoms with Crippen LogP contribution in [0, 0.1) is 17.0 Å². The Bertz CT molecular complexity index is 993. The summed E-state index contributed by atoms with van der Waals surface area (Å²) < 4.78 is 7.00. The molecule has 26 heavy (non-hydrogen) atoms. The van der Waals surface area contributed by atoms with Gasteiger partial charge < -0.3 is 10.1 Å². The second kappa shape index (κ2) is 6.18. The number of anilines is 1. The molecule has 3 aromatic rings. The molecule has 2 aromatic carbocycles. The number of aromatic nitrogens is 2. The van der Waals surface area contributed by atoms with E-state index in [1.165, 1.54) is 6.07 Å². The lowest BCUT2D eigenvalue weighted by molar-refractivity contribution is -0.384. The highest BCUT2D eigenvalue weighted by molar-refractivity contribution is 5.73. The molecule has 1 aliphatic rings. The number of aryl methyl sites for hydroxylation is 1. The zero-order valence-electron chi connectivity index (χ0n) is 14.5. The first-order chi connectivity index (χ1) is 12.6. The summed E-state index contributed by atoms with van der Waals surface area (Å²) in [7, 11) is 1.64. The van der Waals surface area contributed by atoms with Crippen LogP contribution in [0.1, 0.15) is 11.1 Å². The Hall–Kier alpha value is -3.35. The predicted molar refractivity (Wildman–Crippen MR) is 99.1 cm³/mol. The van der Waals surface area contributed by atoms with Crippen LogP contribution in [-0.2, 0) is 6.42 Å². The quantitative estimate of drug-likeness (QED) is 0.573. The second-order valence-electron chi connectivity index (χ2n) is 6.22. The van der Waals surface area contributed by atoms with Gasteiger partial charge in [-0.3, -0.25) is 10.1 Å². The van der Waals surface area contributed by atoms with Gasteiger partial charge in [-0.2, -0.15) is 5.10 Å². The minimum atomic E-state index is -0.384. The summed E-state index contributed by atoms with van der Waals surface area (Å²) in [6, 6.07) is 12.6. The molecule has 1 N–H and O–H groups in total. The van der Waals surface area contributed by atoms with Crippen LogP contribution < -0.4 is 10.1 Å². The third kappa shape index (κ3) is 2.57. The number of benzene rings is 2. The molecule has 0 amide bonds. The highest BCUT2D eigenvalue weighted by Crippen LogP contribution is 2.36. The summed E-state index contributed by atoms with van der Waals surface area (Å²) >= 11 is 0. The summed E-state index contributed by atoms with van der Waals surface area (Å²) in [5.74, 6) is 1.69. The van der Waals surface area contributed by atoms with Crippen LogP contribution in [0.15, 0.2) is 42.5 Å². The molecule has 0 unspecified atom stereocenters. The highest BCUT2D eigenvalue weighted by Gasteiger charge is 2.25. The third-order valence-electron chi connectivity index (χ3n) is 4.65. The fourth-order valence-corrected chi connectivity index (χ4v) is 3.27. The third-order valence-corrected chi connectivity index (χ3v) is 4.65. The number of nitrogens with one attached hydrogen (secondary N) is 1. The molecule has 1 aromatic heterocycles. The molecule has 0 bridgehead atoms. The first kappa shape index (κ1) is 16.1. The van der Waals surface area contributed by atoms with Crippen molar-refractivity contribution >= 4 is 11.5 Å². The van der Waals surface area contributed by atoms with Crippen LogP contribution >= 0.6 is 0 Å². The maximum absolute atomic E-state index is 11.2. The summed E-state index contributed by atoms with van der Waals surface area (Å²) in [5.41, 5.74) is 4.70. The van der Waals surface area contributed by atoms with Crippen molar-refractivity contribution in [3.8, 4) is 22.7 Å². The van der Waals surface area contributed by atoms with Crippen molar-refractivity contribution in [1.82, 2.24) is 9.78 Å². The molecule has 132 valence electrons. The van der Waals surface area contributed by atoms with Gasteiger partial charge in [0.2, 0.25) is 0 Å². The topological polar surface area (TPSA) is 82.2 Å². The lowest BCUT2D eigenvalue weighted by Crippen LogP contribution is -2.06. The highest BCUT2D eigenvalue weighted by atomic mass is 16.6. The number of rotatable bonds is 4. The van der Waals surface area contributed by atoms with Crippen molar-refractivity contribution in [3.05, 3.63) is 63.7 Å². The Labute approximate surface area is 150 Å². The average Bonchev–Trinajstić information content (AvgIpc) is 3.25. The monoisotopic (exact) mass is 350 g/mol. The van der Waals surface area contributed by atoms with Crippen molar-refractivity contribution in [2.75, 3.05) is 19.0 Å². The van der Waals surface area contributed by atoms with Crippen LogP contribution in [0.25, 0.3) is 16.9 Å². The van der Waals surface area contributed by atoms with Crippen LogP contribution in [-0.4, -0.2) is 28.4 Å². The van der Waals surface area contributed by atoms with Crippen molar-refractivity contribution in [1.29, 1.82) is 0 Å². The molecule has 0 fully saturated rings. The Balaban J connectivity index is 1.86. The minimum Gasteiger partial charge on any atom is -0.497 e. The van der Waals surface area contributed by atoms with Crippen LogP contribution in [0.5, 0.6) is 5.75 Å². The van der Waals surface area contributed by atoms with E-state index in [0.29, 0.717) is 5.69 Å². The van der Waals surface area contributed by atoms with E-state index in [-0.39, 0.29) is 10.6 Å². The van der Waals surface area contributed by atoms with Crippen molar-refractivity contribution in [3.63, 3.8) is 0 Å². The van der Waals surface area contributed by atoms with Gasteiger partial charge >= 0.3 is 0 Å². The molecule has 0 radical (unpaired) electrons. The molecule has 0 aliphatic carbocycles. The van der Waals surface area contributed by atoms with Gasteiger partial charge in [-0.25, -0.2) is 4.68 Å². The van der Waals surface area contributed by atoms with Gasteiger partial charge in [0.1, 0.15) is 11.6 Å². The Morgan fingerprint density at radius 1 is 1.23 bits per heavy atom. The maximum Gasteiger partial charge on any atom is 0.271 e. The van der Waals surface area contributed by atoms with E-state index in [9.17, 15) is 10.1 Å². The first-order valence-electron chi connectivity index (χ1n) is 8.34. The standard InChI is InChI=1S/C19H18N4O3/c1-12-3-6-14(23(24)25)11-17(12)22-19-16(9-10-20-19)18(21-22)13-4-7-15(26-2)8-5-13/h3-8,11,20H,9-10H2,1-2H3. The van der Waals surface area contributed by atoms with E-state index in [4.69, 9.17) is 9.84 Å². The molecule has 0 saturated heterocycles. The van der Waals surface area contributed by atoms with Gasteiger partial charge in [-0.15, -0.1) is 0 Å². The molecule has 1 aliphatic heterocycles. The predicted octanol–water partition coefficient (Wildman–Crippen LogP) is 3.73. The fourth-order valence-electron chi connectivity index (χ4n) is 3.27. The Morgan fingerprint density at radius 3 is 2.69 bits per heavy atom. The molecule has 2 heterocycles. The maximum atomic E-state index is 11.2. The number of fused-ring (bicyclic) bond motifs is 1. The zero-order chi connectivity index (χ0) is 18.3. The number of nitrogens with zero attached hydrogens (tertiary/aromatic N) is 3. The molecule has 0 atom stereocenters. The van der Waals surface area contributed by atoms with E-state index < -0.39 is 0 Å². The van der Waals surface area contributed by atoms with Crippen molar-refractivity contribution in [2.45, 2.75) is 13.3 Å². The van der Waals surface area contributed by atoms with Gasteiger partial charge in [0.15, 0.2) is 0 Å². The van der Waals surface area contributed by atoms with Crippen LogP contribution in [0.4, 0.5) is 11.5 Å². The molecular formula is C19H18N4O3. The largest absolute Gasteiger partial charge is 0.497 e. The van der Waals surface area contributed by atoms with E-state index in [1.54, 1.807) is 23.9 Å². The number of non-ortho nitro benzene ring substituents is 1. The van der Waals surface area contributed by atoms with E-state index in [0.717, 1.165) is 46.9 Å². The van der Waals surface area contributed by atoms with E-state index >= 15 is 0 Å². The number of hydrogen-bond acceptors (Lipinski definition) is 5. The van der Waals surface area contributed by atoms with Crippen molar-refractivity contribution in [2.24, 2.45) is 0 Å². The second-order valence-corrected chi connectivity index (χ2v) is 6.22. The number of ether oxygens (including phenoxy) is 1. The van der Waals surface area contributed by atoms with Gasteiger partial charge in [0.25, 0.3) is 5.69 Å². The Kier molecular flexibility index (Phi) is 3.84. The summed E-state index contributed by atoms with van der Waals surface area (Å²) in [5, 5.41) is 19.3. The van der Waals surface area contributed by atoms with Crippen LogP contribution in [0.3, 0.4) is 0 Å². The molecule has 0 saturated carbocycles. The van der Waals surface area contributed by atoms with E-state index in [1.807, 2.05) is 31.2 Å². The molecule has 7 nitrogen and oxygen atoms in total. The van der Waals surface area contributed by atoms with Gasteiger partial charge in [0, 0.05) is 29.8 Å². The molecular weight excluding hydrogens is 332 g/mol. The lowest BCUT2D eigenvalue weighted by atomic mass is 10.1. The number of hydrogen-bond donors (Lipinski definition) is 1. The van der Waals surface area contributed by atoms with Crippen molar-refractivity contribution < 1.29 is 9.66 Å². The molecule has 7 heteroatoms. The Morgan fingerprint density at radius 2 is 2.00 bits per heavy atom. The summed E-state index contributed by atoms with van der Waals surface area (Å²) in [6.45, 7) is 2.75. The number of nitro groups is 1. The lowest BCUT2D eigenvalue weighted by Gasteiger charge is -2.09. The average molecular weight is 350 g/mol. The SMILES string of the molecule is COc1ccc(-c2nn(-c3cc([N+](=O)[O-])ccc3C)c3c2CCN3)cc1. The smallest absolute Gasteiger partial charge is 0.271 e. The molecule has 0 spiro atoms. The normalized spacial score (nSPS) is 12.5. The summed E-state index contributed by atoms with van der Waals surface area (Å²) in [4.78, 5) is 10.8.